The van der Waals surface area contributed by atoms with Gasteiger partial charge in [0.15, 0.2) is 0 Å². The zero-order valence-electron chi connectivity index (χ0n) is 15.4. The molecular formula is C20H18ClN3O4. The Morgan fingerprint density at radius 2 is 1.93 bits per heavy atom. The molecule has 1 aromatic heterocycles. The van der Waals surface area contributed by atoms with E-state index in [0.29, 0.717) is 40.5 Å². The summed E-state index contributed by atoms with van der Waals surface area (Å²) in [6.45, 7) is 0.406. The lowest BCUT2D eigenvalue weighted by molar-refractivity contribution is -0.117. The van der Waals surface area contributed by atoms with Crippen molar-refractivity contribution in [1.82, 2.24) is 10.1 Å². The van der Waals surface area contributed by atoms with Gasteiger partial charge in [-0.1, -0.05) is 28.9 Å². The van der Waals surface area contributed by atoms with Crippen LogP contribution in [0.3, 0.4) is 0 Å². The SMILES string of the molecule is COc1ccccc1-c1noc(C2CC(=O)N(c3cc(Cl)ccc3OC)C2)n1. The van der Waals surface area contributed by atoms with Gasteiger partial charge in [0, 0.05) is 18.0 Å². The van der Waals surface area contributed by atoms with Crippen LogP contribution < -0.4 is 14.4 Å². The fourth-order valence-electron chi connectivity index (χ4n) is 3.32. The molecule has 1 atom stereocenters. The first kappa shape index (κ1) is 18.3. The summed E-state index contributed by atoms with van der Waals surface area (Å²) >= 11 is 6.11. The molecule has 0 spiro atoms. The number of ether oxygens (including phenoxy) is 2. The Morgan fingerprint density at radius 3 is 2.71 bits per heavy atom. The maximum absolute atomic E-state index is 12.6. The molecule has 4 rings (SSSR count). The van der Waals surface area contributed by atoms with E-state index in [1.807, 2.05) is 24.3 Å². The first-order valence-corrected chi connectivity index (χ1v) is 9.09. The van der Waals surface area contributed by atoms with Crippen LogP contribution in [0, 0.1) is 0 Å². The highest BCUT2D eigenvalue weighted by Crippen LogP contribution is 2.38. The van der Waals surface area contributed by atoms with Gasteiger partial charge in [-0.15, -0.1) is 0 Å². The second-order valence-corrected chi connectivity index (χ2v) is 6.81. The van der Waals surface area contributed by atoms with Crippen LogP contribution in [-0.4, -0.2) is 36.8 Å². The molecule has 1 amide bonds. The topological polar surface area (TPSA) is 77.7 Å². The van der Waals surface area contributed by atoms with Crippen LogP contribution in [-0.2, 0) is 4.79 Å². The summed E-state index contributed by atoms with van der Waals surface area (Å²) in [6.07, 6.45) is 0.267. The minimum absolute atomic E-state index is 0.0531. The Hall–Kier alpha value is -3.06. The number of nitrogens with zero attached hydrogens (tertiary/aromatic N) is 3. The first-order valence-electron chi connectivity index (χ1n) is 8.71. The number of methoxy groups -OCH3 is 2. The van der Waals surface area contributed by atoms with Gasteiger partial charge in [0.05, 0.1) is 31.4 Å². The molecular weight excluding hydrogens is 382 g/mol. The van der Waals surface area contributed by atoms with Crippen LogP contribution in [0.5, 0.6) is 11.5 Å². The van der Waals surface area contributed by atoms with Gasteiger partial charge >= 0.3 is 0 Å². The van der Waals surface area contributed by atoms with E-state index < -0.39 is 0 Å². The van der Waals surface area contributed by atoms with Crippen LogP contribution in [0.15, 0.2) is 47.0 Å². The predicted octanol–water partition coefficient (Wildman–Crippen LogP) is 3.93. The number of hydrogen-bond donors (Lipinski definition) is 0. The molecule has 1 fully saturated rings. The van der Waals surface area contributed by atoms with Gasteiger partial charge in [0.25, 0.3) is 0 Å². The average Bonchev–Trinajstić information content (AvgIpc) is 3.34. The smallest absolute Gasteiger partial charge is 0.232 e. The summed E-state index contributed by atoms with van der Waals surface area (Å²) < 4.78 is 16.2. The number of hydrogen-bond acceptors (Lipinski definition) is 6. The van der Waals surface area contributed by atoms with Crippen molar-refractivity contribution in [2.45, 2.75) is 12.3 Å². The van der Waals surface area contributed by atoms with E-state index in [2.05, 4.69) is 10.1 Å². The van der Waals surface area contributed by atoms with Crippen molar-refractivity contribution in [3.05, 3.63) is 53.4 Å². The molecule has 1 unspecified atom stereocenters. The highest BCUT2D eigenvalue weighted by Gasteiger charge is 2.36. The second kappa shape index (κ2) is 7.52. The lowest BCUT2D eigenvalue weighted by Gasteiger charge is -2.19. The lowest BCUT2D eigenvalue weighted by Crippen LogP contribution is -2.24. The van der Waals surface area contributed by atoms with Crippen LogP contribution in [0.2, 0.25) is 5.02 Å². The summed E-state index contributed by atoms with van der Waals surface area (Å²) in [5, 5.41) is 4.60. The molecule has 7 nitrogen and oxygen atoms in total. The molecule has 0 bridgehead atoms. The van der Waals surface area contributed by atoms with Crippen molar-refractivity contribution in [2.24, 2.45) is 0 Å². The van der Waals surface area contributed by atoms with Crippen molar-refractivity contribution < 1.29 is 18.8 Å². The van der Waals surface area contributed by atoms with Crippen molar-refractivity contribution in [3.63, 3.8) is 0 Å². The number of para-hydroxylation sites is 1. The average molecular weight is 400 g/mol. The number of benzene rings is 2. The Bertz CT molecular complexity index is 1020. The standard InChI is InChI=1S/C20H18ClN3O4/c1-26-16-6-4-3-5-14(16)19-22-20(28-23-19)12-9-18(25)24(11-12)15-10-13(21)7-8-17(15)27-2/h3-8,10,12H,9,11H2,1-2H3. The fourth-order valence-corrected chi connectivity index (χ4v) is 3.49. The summed E-state index contributed by atoms with van der Waals surface area (Å²) in [5.74, 6) is 1.81. The van der Waals surface area contributed by atoms with E-state index in [9.17, 15) is 4.79 Å². The molecule has 28 heavy (non-hydrogen) atoms. The van der Waals surface area contributed by atoms with Crippen LogP contribution in [0.25, 0.3) is 11.4 Å². The van der Waals surface area contributed by atoms with E-state index >= 15 is 0 Å². The van der Waals surface area contributed by atoms with E-state index in [0.717, 1.165) is 5.56 Å². The molecule has 1 aliphatic rings. The summed E-state index contributed by atoms with van der Waals surface area (Å²) in [5.41, 5.74) is 1.37. The third-order valence-electron chi connectivity index (χ3n) is 4.70. The molecule has 1 aliphatic heterocycles. The third-order valence-corrected chi connectivity index (χ3v) is 4.93. The zero-order chi connectivity index (χ0) is 19.7. The van der Waals surface area contributed by atoms with E-state index in [-0.39, 0.29) is 18.2 Å². The fraction of sp³-hybridized carbons (Fsp3) is 0.250. The van der Waals surface area contributed by atoms with Crippen LogP contribution in [0.4, 0.5) is 5.69 Å². The molecule has 2 heterocycles. The minimum atomic E-state index is -0.216. The number of anilines is 1. The number of aromatic nitrogens is 2. The van der Waals surface area contributed by atoms with Gasteiger partial charge in [-0.05, 0) is 30.3 Å². The summed E-state index contributed by atoms with van der Waals surface area (Å²) in [6, 6.07) is 12.6. The largest absolute Gasteiger partial charge is 0.496 e. The van der Waals surface area contributed by atoms with E-state index in [1.165, 1.54) is 0 Å². The van der Waals surface area contributed by atoms with Gasteiger partial charge in [-0.25, -0.2) is 0 Å². The molecule has 0 saturated carbocycles. The maximum atomic E-state index is 12.6. The Labute approximate surface area is 166 Å². The summed E-state index contributed by atoms with van der Waals surface area (Å²) in [4.78, 5) is 18.8. The van der Waals surface area contributed by atoms with Gasteiger partial charge in [-0.2, -0.15) is 4.98 Å². The van der Waals surface area contributed by atoms with Crippen molar-refractivity contribution in [3.8, 4) is 22.9 Å². The minimum Gasteiger partial charge on any atom is -0.496 e. The Morgan fingerprint density at radius 1 is 1.14 bits per heavy atom. The second-order valence-electron chi connectivity index (χ2n) is 6.38. The normalized spacial score (nSPS) is 16.5. The van der Waals surface area contributed by atoms with Crippen LogP contribution >= 0.6 is 11.6 Å². The van der Waals surface area contributed by atoms with Crippen LogP contribution in [0.1, 0.15) is 18.2 Å². The predicted molar refractivity (Wildman–Crippen MR) is 104 cm³/mol. The highest BCUT2D eigenvalue weighted by molar-refractivity contribution is 6.31. The van der Waals surface area contributed by atoms with Gasteiger partial charge in [0.2, 0.25) is 17.6 Å². The molecule has 1 saturated heterocycles. The monoisotopic (exact) mass is 399 g/mol. The first-order chi connectivity index (χ1) is 13.6. The third kappa shape index (κ3) is 3.29. The Balaban J connectivity index is 1.60. The van der Waals surface area contributed by atoms with Gasteiger partial charge < -0.3 is 18.9 Å². The Kier molecular flexibility index (Phi) is 4.92. The van der Waals surface area contributed by atoms with E-state index in [1.54, 1.807) is 37.3 Å². The zero-order valence-corrected chi connectivity index (χ0v) is 16.1. The number of rotatable bonds is 5. The molecule has 0 N–H and O–H groups in total. The highest BCUT2D eigenvalue weighted by atomic mass is 35.5. The molecule has 0 aliphatic carbocycles. The molecule has 8 heteroatoms. The van der Waals surface area contributed by atoms with Crippen molar-refractivity contribution in [2.75, 3.05) is 25.7 Å². The van der Waals surface area contributed by atoms with Gasteiger partial charge in [-0.3, -0.25) is 4.79 Å². The number of amides is 1. The quantitative estimate of drug-likeness (QED) is 0.647. The number of carbonyl (C=O) groups excluding carboxylic acids is 1. The molecule has 3 aromatic rings. The molecule has 2 aromatic carbocycles. The van der Waals surface area contributed by atoms with Gasteiger partial charge in [0.1, 0.15) is 11.5 Å². The van der Waals surface area contributed by atoms with Crippen molar-refractivity contribution in [1.29, 1.82) is 0 Å². The van der Waals surface area contributed by atoms with Crippen molar-refractivity contribution >= 4 is 23.2 Å². The number of halogens is 1. The molecule has 0 radical (unpaired) electrons. The maximum Gasteiger partial charge on any atom is 0.232 e. The number of carbonyl (C=O) groups is 1. The molecule has 144 valence electrons. The lowest BCUT2D eigenvalue weighted by atomic mass is 10.1. The van der Waals surface area contributed by atoms with E-state index in [4.69, 9.17) is 25.6 Å². The summed E-state index contributed by atoms with van der Waals surface area (Å²) in [7, 11) is 3.15.